The number of aryl methyl sites for hydroxylation is 1. The number of nitrogens with one attached hydrogen (secondary N) is 3. The van der Waals surface area contributed by atoms with Crippen molar-refractivity contribution in [2.45, 2.75) is 6.92 Å². The fraction of sp³-hybridized carbons (Fsp3) is 0.130. The fourth-order valence-electron chi connectivity index (χ4n) is 2.92. The van der Waals surface area contributed by atoms with Crippen LogP contribution in [0.5, 0.6) is 17.2 Å². The molecule has 0 fully saturated rings. The van der Waals surface area contributed by atoms with E-state index in [0.717, 1.165) is 0 Å². The van der Waals surface area contributed by atoms with Gasteiger partial charge in [0.1, 0.15) is 17.2 Å². The second-order valence-corrected chi connectivity index (χ2v) is 7.58. The van der Waals surface area contributed by atoms with Gasteiger partial charge in [-0.1, -0.05) is 23.7 Å². The van der Waals surface area contributed by atoms with Crippen LogP contribution in [0.15, 0.2) is 54.6 Å². The summed E-state index contributed by atoms with van der Waals surface area (Å²) in [7, 11) is 3.06. The van der Waals surface area contributed by atoms with Gasteiger partial charge in [0.15, 0.2) is 5.11 Å². The molecule has 0 spiro atoms. The first-order valence-electron chi connectivity index (χ1n) is 9.52. The standard InChI is InChI=1S/C23H22ClN3O4S/c1-13-5-4-6-16(21(13)28)22(29)25-14-7-9-15(10-8-14)26-23(32)27-18-11-17(24)19(30-2)12-20(18)31-3/h4-12,28H,1-3H3,(H,25,29)(H2,26,27,32). The first kappa shape index (κ1) is 23.2. The minimum absolute atomic E-state index is 0.0335. The molecule has 166 valence electrons. The number of carbonyl (C=O) groups excluding carboxylic acids is 1. The first-order valence-corrected chi connectivity index (χ1v) is 10.3. The Hall–Kier alpha value is -3.49. The second kappa shape index (κ2) is 10.2. The molecule has 0 radical (unpaired) electrons. The van der Waals surface area contributed by atoms with Crippen LogP contribution in [0.25, 0.3) is 0 Å². The van der Waals surface area contributed by atoms with E-state index in [0.29, 0.717) is 44.3 Å². The van der Waals surface area contributed by atoms with Crippen LogP contribution in [0.2, 0.25) is 5.02 Å². The Morgan fingerprint density at radius 2 is 1.56 bits per heavy atom. The summed E-state index contributed by atoms with van der Waals surface area (Å²) in [6.45, 7) is 1.74. The molecule has 0 aliphatic carbocycles. The number of phenols is 1. The molecule has 0 aromatic heterocycles. The minimum Gasteiger partial charge on any atom is -0.507 e. The third-order valence-electron chi connectivity index (χ3n) is 4.61. The predicted octanol–water partition coefficient (Wildman–Crippen LogP) is 5.43. The van der Waals surface area contributed by atoms with Gasteiger partial charge in [-0.15, -0.1) is 0 Å². The minimum atomic E-state index is -0.396. The molecule has 0 heterocycles. The van der Waals surface area contributed by atoms with Gasteiger partial charge in [0.05, 0.1) is 30.5 Å². The lowest BCUT2D eigenvalue weighted by Crippen LogP contribution is -2.19. The maximum atomic E-state index is 12.4. The molecule has 7 nitrogen and oxygen atoms in total. The highest BCUT2D eigenvalue weighted by molar-refractivity contribution is 7.80. The van der Waals surface area contributed by atoms with Crippen LogP contribution in [-0.2, 0) is 0 Å². The molecule has 0 atom stereocenters. The van der Waals surface area contributed by atoms with Crippen molar-refractivity contribution in [3.05, 3.63) is 70.7 Å². The predicted molar refractivity (Wildman–Crippen MR) is 132 cm³/mol. The number of benzene rings is 3. The molecule has 32 heavy (non-hydrogen) atoms. The summed E-state index contributed by atoms with van der Waals surface area (Å²) in [6, 6.07) is 15.3. The van der Waals surface area contributed by atoms with Gasteiger partial charge in [0.25, 0.3) is 5.91 Å². The third-order valence-corrected chi connectivity index (χ3v) is 5.10. The normalized spacial score (nSPS) is 10.2. The molecule has 3 aromatic rings. The Bertz CT molecular complexity index is 1150. The maximum absolute atomic E-state index is 12.4. The number of thiocarbonyl (C=S) groups is 1. The number of hydrogen-bond donors (Lipinski definition) is 4. The van der Waals surface area contributed by atoms with Crippen molar-refractivity contribution in [2.24, 2.45) is 0 Å². The van der Waals surface area contributed by atoms with Crippen molar-refractivity contribution in [2.75, 3.05) is 30.2 Å². The lowest BCUT2D eigenvalue weighted by atomic mass is 10.1. The Kier molecular flexibility index (Phi) is 7.40. The van der Waals surface area contributed by atoms with E-state index in [1.807, 2.05) is 0 Å². The van der Waals surface area contributed by atoms with E-state index in [-0.39, 0.29) is 11.3 Å². The van der Waals surface area contributed by atoms with E-state index in [9.17, 15) is 9.90 Å². The van der Waals surface area contributed by atoms with Crippen LogP contribution >= 0.6 is 23.8 Å². The molecule has 0 aliphatic rings. The van der Waals surface area contributed by atoms with Crippen molar-refractivity contribution < 1.29 is 19.4 Å². The van der Waals surface area contributed by atoms with Crippen LogP contribution in [0.1, 0.15) is 15.9 Å². The average molecular weight is 472 g/mol. The van der Waals surface area contributed by atoms with E-state index in [1.54, 1.807) is 61.5 Å². The van der Waals surface area contributed by atoms with Crippen LogP contribution in [-0.4, -0.2) is 30.3 Å². The topological polar surface area (TPSA) is 91.9 Å². The van der Waals surface area contributed by atoms with Crippen molar-refractivity contribution in [1.29, 1.82) is 0 Å². The van der Waals surface area contributed by atoms with Crippen molar-refractivity contribution in [3.63, 3.8) is 0 Å². The quantitative estimate of drug-likeness (QED) is 0.356. The number of aromatic hydroxyl groups is 1. The summed E-state index contributed by atoms with van der Waals surface area (Å²) in [5, 5.41) is 19.7. The van der Waals surface area contributed by atoms with Gasteiger partial charge in [-0.05, 0) is 61.1 Å². The molecule has 9 heteroatoms. The van der Waals surface area contributed by atoms with Gasteiger partial charge >= 0.3 is 0 Å². The average Bonchev–Trinajstić information content (AvgIpc) is 2.77. The number of halogens is 1. The van der Waals surface area contributed by atoms with Gasteiger partial charge in [-0.3, -0.25) is 4.79 Å². The van der Waals surface area contributed by atoms with Gasteiger partial charge in [0, 0.05) is 17.4 Å². The molecule has 3 aromatic carbocycles. The van der Waals surface area contributed by atoms with Crippen LogP contribution in [0.3, 0.4) is 0 Å². The molecule has 3 rings (SSSR count). The van der Waals surface area contributed by atoms with Gasteiger partial charge in [-0.2, -0.15) is 0 Å². The van der Waals surface area contributed by atoms with Crippen LogP contribution in [0.4, 0.5) is 17.1 Å². The van der Waals surface area contributed by atoms with E-state index < -0.39 is 5.91 Å². The van der Waals surface area contributed by atoms with Gasteiger partial charge in [-0.25, -0.2) is 0 Å². The van der Waals surface area contributed by atoms with Crippen molar-refractivity contribution in [3.8, 4) is 17.2 Å². The number of ether oxygens (including phenoxy) is 2. The highest BCUT2D eigenvalue weighted by Gasteiger charge is 2.13. The number of phenolic OH excluding ortho intramolecular Hbond substituents is 1. The summed E-state index contributed by atoms with van der Waals surface area (Å²) in [4.78, 5) is 12.4. The molecule has 4 N–H and O–H groups in total. The fourth-order valence-corrected chi connectivity index (χ4v) is 3.39. The second-order valence-electron chi connectivity index (χ2n) is 6.77. The van der Waals surface area contributed by atoms with E-state index in [2.05, 4.69) is 16.0 Å². The third kappa shape index (κ3) is 5.40. The number of hydrogen-bond acceptors (Lipinski definition) is 5. The number of amides is 1. The largest absolute Gasteiger partial charge is 0.507 e. The van der Waals surface area contributed by atoms with Crippen LogP contribution in [0, 0.1) is 6.92 Å². The lowest BCUT2D eigenvalue weighted by Gasteiger charge is -2.15. The van der Waals surface area contributed by atoms with Gasteiger partial charge in [0.2, 0.25) is 0 Å². The SMILES string of the molecule is COc1cc(OC)c(NC(=S)Nc2ccc(NC(=O)c3cccc(C)c3O)cc2)cc1Cl. The lowest BCUT2D eigenvalue weighted by molar-refractivity contribution is 0.102. The number of methoxy groups -OCH3 is 2. The molecular formula is C23H22ClN3O4S. The summed E-state index contributed by atoms with van der Waals surface area (Å²) in [5.74, 6) is 0.582. The summed E-state index contributed by atoms with van der Waals surface area (Å²) in [6.07, 6.45) is 0. The smallest absolute Gasteiger partial charge is 0.259 e. The molecule has 0 bridgehead atoms. The number of para-hydroxylation sites is 1. The Labute approximate surface area is 196 Å². The molecule has 0 saturated heterocycles. The van der Waals surface area contributed by atoms with Gasteiger partial charge < -0.3 is 30.5 Å². The highest BCUT2D eigenvalue weighted by atomic mass is 35.5. The summed E-state index contributed by atoms with van der Waals surface area (Å²) < 4.78 is 10.5. The number of carbonyl (C=O) groups is 1. The number of rotatable bonds is 6. The van der Waals surface area contributed by atoms with E-state index in [1.165, 1.54) is 14.2 Å². The zero-order valence-corrected chi connectivity index (χ0v) is 19.2. The molecule has 0 saturated carbocycles. The van der Waals surface area contributed by atoms with E-state index in [4.69, 9.17) is 33.3 Å². The molecule has 0 unspecified atom stereocenters. The molecular weight excluding hydrogens is 450 g/mol. The monoisotopic (exact) mass is 471 g/mol. The highest BCUT2D eigenvalue weighted by Crippen LogP contribution is 2.36. The summed E-state index contributed by atoms with van der Waals surface area (Å²) >= 11 is 11.6. The number of anilines is 3. The Morgan fingerprint density at radius 3 is 2.19 bits per heavy atom. The van der Waals surface area contributed by atoms with E-state index >= 15 is 0 Å². The van der Waals surface area contributed by atoms with Crippen molar-refractivity contribution in [1.82, 2.24) is 0 Å². The molecule has 1 amide bonds. The van der Waals surface area contributed by atoms with Crippen molar-refractivity contribution >= 4 is 51.9 Å². The Morgan fingerprint density at radius 1 is 0.938 bits per heavy atom. The maximum Gasteiger partial charge on any atom is 0.259 e. The van der Waals surface area contributed by atoms with Crippen LogP contribution < -0.4 is 25.4 Å². The molecule has 0 aliphatic heterocycles. The zero-order chi connectivity index (χ0) is 23.3. The summed E-state index contributed by atoms with van der Waals surface area (Å²) in [5.41, 5.74) is 2.71. The first-order chi connectivity index (χ1) is 15.3. The Balaban J connectivity index is 1.64. The zero-order valence-electron chi connectivity index (χ0n) is 17.7.